The molecule has 4 N–H and O–H groups in total. The number of esters is 1. The molecule has 1 heterocycles. The Morgan fingerprint density at radius 1 is 0.630 bits per heavy atom. The van der Waals surface area contributed by atoms with E-state index in [2.05, 4.69) is 13.2 Å². The predicted octanol–water partition coefficient (Wildman–Crippen LogP) is 12.8. The number of anilines is 2. The number of hydrogen-bond donors (Lipinski definition) is 2. The maximum Gasteiger partial charge on any atom is 0.341 e. The molecule has 0 unspecified atom stereocenters. The van der Waals surface area contributed by atoms with E-state index in [0.29, 0.717) is 35.4 Å². The van der Waals surface area contributed by atoms with Gasteiger partial charge in [0, 0.05) is 28.1 Å². The fourth-order valence-corrected chi connectivity index (χ4v) is 8.14. The third-order valence-electron chi connectivity index (χ3n) is 10.0. The van der Waals surface area contributed by atoms with E-state index in [9.17, 15) is 4.79 Å². The van der Waals surface area contributed by atoms with E-state index in [1.165, 1.54) is 0 Å². The minimum atomic E-state index is -1.71. The molecule has 6 rings (SSSR count). The molecule has 0 amide bonds. The Bertz CT molecular complexity index is 2280. The molecule has 4 nitrogen and oxygen atoms in total. The van der Waals surface area contributed by atoms with Gasteiger partial charge < -0.3 is 16.2 Å². The van der Waals surface area contributed by atoms with Crippen LogP contribution in [-0.4, -0.2) is 5.97 Å². The molecule has 0 saturated heterocycles. The van der Waals surface area contributed by atoms with Crippen molar-refractivity contribution in [2.75, 3.05) is 11.5 Å². The Labute approximate surface area is 337 Å². The molecule has 0 aliphatic carbocycles. The van der Waals surface area contributed by atoms with Crippen molar-refractivity contribution in [3.63, 3.8) is 0 Å². The molecule has 5 aromatic carbocycles. The van der Waals surface area contributed by atoms with Gasteiger partial charge in [0.25, 0.3) is 0 Å². The summed E-state index contributed by atoms with van der Waals surface area (Å²) in [7, 11) is 0. The third kappa shape index (κ3) is 7.00. The van der Waals surface area contributed by atoms with Crippen molar-refractivity contribution in [2.24, 2.45) is 0 Å². The number of rotatable bonds is 10. The van der Waals surface area contributed by atoms with Gasteiger partial charge in [-0.3, -0.25) is 0 Å². The van der Waals surface area contributed by atoms with Crippen molar-refractivity contribution >= 4 is 74.9 Å². The van der Waals surface area contributed by atoms with E-state index in [1.54, 1.807) is 0 Å². The van der Waals surface area contributed by atoms with Gasteiger partial charge in [-0.25, -0.2) is 4.79 Å². The quantitative estimate of drug-likeness (QED) is 0.0485. The third-order valence-corrected chi connectivity index (χ3v) is 11.8. The van der Waals surface area contributed by atoms with Crippen LogP contribution in [0, 0.1) is 27.7 Å². The van der Waals surface area contributed by atoms with E-state index in [0.717, 1.165) is 55.6 Å². The predicted molar refractivity (Wildman–Crippen MR) is 229 cm³/mol. The first-order valence-electron chi connectivity index (χ1n) is 17.4. The van der Waals surface area contributed by atoms with E-state index in [1.807, 2.05) is 125 Å². The summed E-state index contributed by atoms with van der Waals surface area (Å²) in [5.41, 5.74) is 24.2. The lowest BCUT2D eigenvalue weighted by atomic mass is 9.81. The molecule has 8 heteroatoms. The Morgan fingerprint density at radius 3 is 1.44 bits per heavy atom. The highest BCUT2D eigenvalue weighted by molar-refractivity contribution is 6.53. The molecule has 0 spiro atoms. The fourth-order valence-electron chi connectivity index (χ4n) is 7.07. The lowest BCUT2D eigenvalue weighted by molar-refractivity contribution is 0.0300. The second-order valence-corrected chi connectivity index (χ2v) is 15.2. The highest BCUT2D eigenvalue weighted by Gasteiger charge is 2.48. The van der Waals surface area contributed by atoms with Gasteiger partial charge in [0.15, 0.2) is 5.60 Å². The lowest BCUT2D eigenvalue weighted by Gasteiger charge is -2.28. The number of carbonyl (C=O) groups excluding carboxylic acids is 1. The van der Waals surface area contributed by atoms with E-state index >= 15 is 0 Å². The van der Waals surface area contributed by atoms with Crippen LogP contribution in [0.5, 0.6) is 0 Å². The largest absolute Gasteiger partial charge is 0.442 e. The zero-order valence-corrected chi connectivity index (χ0v) is 33.6. The normalized spacial score (nSPS) is 15.6. The lowest BCUT2D eigenvalue weighted by Crippen LogP contribution is -2.23. The maximum atomic E-state index is 14.2. The van der Waals surface area contributed by atoms with Crippen LogP contribution in [0.4, 0.5) is 11.4 Å². The number of cyclic esters (lactones) is 1. The van der Waals surface area contributed by atoms with Gasteiger partial charge in [0.2, 0.25) is 0 Å². The summed E-state index contributed by atoms with van der Waals surface area (Å²) >= 11 is 27.4. The van der Waals surface area contributed by atoms with Crippen molar-refractivity contribution in [1.29, 1.82) is 0 Å². The second-order valence-electron chi connectivity index (χ2n) is 13.7. The number of halogens is 4. The van der Waals surface area contributed by atoms with Gasteiger partial charge in [0.05, 0.1) is 25.7 Å². The zero-order valence-electron chi connectivity index (χ0n) is 30.5. The topological polar surface area (TPSA) is 78.3 Å². The summed E-state index contributed by atoms with van der Waals surface area (Å²) in [5.74, 6) is -0.720. The van der Waals surface area contributed by atoms with Gasteiger partial charge in [-0.2, -0.15) is 0 Å². The molecule has 54 heavy (non-hydrogen) atoms. The minimum Gasteiger partial charge on any atom is -0.442 e. The number of aryl methyl sites for hydroxylation is 4. The molecule has 0 aromatic heterocycles. The highest BCUT2D eigenvalue weighted by atomic mass is 35.5. The molecule has 1 aliphatic heterocycles. The number of benzene rings is 5. The van der Waals surface area contributed by atoms with Crippen molar-refractivity contribution < 1.29 is 9.53 Å². The average molecular weight is 795 g/mol. The average Bonchev–Trinajstić information content (AvgIpc) is 3.43. The zero-order chi connectivity index (χ0) is 39.1. The first-order valence-corrected chi connectivity index (χ1v) is 18.9. The second kappa shape index (κ2) is 15.6. The summed E-state index contributed by atoms with van der Waals surface area (Å²) in [5, 5.41) is -0.0882. The summed E-state index contributed by atoms with van der Waals surface area (Å²) in [6.07, 6.45) is 8.51. The number of ether oxygens (including phenoxy) is 1. The van der Waals surface area contributed by atoms with Crippen molar-refractivity contribution in [1.82, 2.24) is 0 Å². The van der Waals surface area contributed by atoms with Crippen LogP contribution in [0.15, 0.2) is 110 Å². The molecular weight excluding hydrogens is 754 g/mol. The molecule has 0 fully saturated rings. The van der Waals surface area contributed by atoms with Crippen LogP contribution < -0.4 is 11.5 Å². The van der Waals surface area contributed by atoms with Gasteiger partial charge >= 0.3 is 5.97 Å². The molecule has 5 aromatic rings. The number of nitrogen functional groups attached to an aromatic ring is 2. The van der Waals surface area contributed by atoms with Crippen LogP contribution in [0.3, 0.4) is 0 Å². The number of carbonyl (C=O) groups is 1. The van der Waals surface area contributed by atoms with Crippen LogP contribution in [0.25, 0.3) is 11.1 Å². The first kappa shape index (κ1) is 39.0. The summed E-state index contributed by atoms with van der Waals surface area (Å²) in [6.45, 7) is 16.0. The number of allylic oxidation sites excluding steroid dienone is 2. The number of nitrogens with two attached hydrogens (primary N) is 2. The Balaban J connectivity index is 1.83. The van der Waals surface area contributed by atoms with E-state index in [-0.39, 0.29) is 31.2 Å². The van der Waals surface area contributed by atoms with E-state index < -0.39 is 11.6 Å². The first-order chi connectivity index (χ1) is 25.7. The van der Waals surface area contributed by atoms with Crippen molar-refractivity contribution in [3.05, 3.63) is 197 Å². The minimum absolute atomic E-state index is 0.00781. The van der Waals surface area contributed by atoms with Crippen LogP contribution in [-0.2, 0) is 23.2 Å². The standard InChI is InChI=1S/C46H40Cl4N2O2/c1-7-9-31-27(5)15-21-33(43(31)51)35(29-17-11-25(3)12-18-29)23-46(38-37(45(53)54-46)39(47)41(49)42(50)40(38)48)24-36(30-19-13-26(4)14-20-30)34-22-16-28(6)32(10-8-2)44(34)52/h7-8,11-24H,1-2,9-10,51-52H2,3-6H3. The summed E-state index contributed by atoms with van der Waals surface area (Å²) < 4.78 is 6.58. The Hall–Kier alpha value is -4.71. The number of fused-ring (bicyclic) bond motifs is 1. The Morgan fingerprint density at radius 2 is 1.04 bits per heavy atom. The maximum absolute atomic E-state index is 14.2. The summed E-state index contributed by atoms with van der Waals surface area (Å²) in [4.78, 5) is 14.2. The van der Waals surface area contributed by atoms with Gasteiger partial charge in [-0.15, -0.1) is 13.2 Å². The van der Waals surface area contributed by atoms with Gasteiger partial charge in [0.1, 0.15) is 0 Å². The molecule has 0 saturated carbocycles. The molecule has 0 bridgehead atoms. The van der Waals surface area contributed by atoms with E-state index in [4.69, 9.17) is 62.6 Å². The van der Waals surface area contributed by atoms with Crippen molar-refractivity contribution in [2.45, 2.75) is 46.1 Å². The number of hydrogen-bond acceptors (Lipinski definition) is 4. The summed E-state index contributed by atoms with van der Waals surface area (Å²) in [6, 6.07) is 24.1. The molecule has 0 radical (unpaired) electrons. The van der Waals surface area contributed by atoms with Crippen molar-refractivity contribution in [3.8, 4) is 0 Å². The smallest absolute Gasteiger partial charge is 0.341 e. The molecule has 0 atom stereocenters. The van der Waals surface area contributed by atoms with Crippen LogP contribution in [0.2, 0.25) is 20.1 Å². The fraction of sp³-hybridized carbons (Fsp3) is 0.152. The monoisotopic (exact) mass is 792 g/mol. The van der Waals surface area contributed by atoms with Gasteiger partial charge in [-0.05, 0) is 97.2 Å². The van der Waals surface area contributed by atoms with Crippen LogP contribution >= 0.6 is 46.4 Å². The molecular formula is C46H40Cl4N2O2. The SMILES string of the molecule is C=CCc1c(C)ccc(C(=CC2(C=C(c3ccc(C)cc3)c3ccc(C)c(CC=C)c3N)OC(=O)c3c(Cl)c(Cl)c(Cl)c(Cl)c32)c2ccc(C)cc2)c1N. The molecule has 1 aliphatic rings. The molecule has 274 valence electrons. The van der Waals surface area contributed by atoms with Crippen LogP contribution in [0.1, 0.15) is 71.6 Å². The highest BCUT2D eigenvalue weighted by Crippen LogP contribution is 2.54. The van der Waals surface area contributed by atoms with Gasteiger partial charge in [-0.1, -0.05) is 142 Å². The Kier molecular flexibility index (Phi) is 11.2.